The Balaban J connectivity index is 2.12. The van der Waals surface area contributed by atoms with Crippen molar-refractivity contribution in [1.29, 1.82) is 0 Å². The Morgan fingerprint density at radius 1 is 1.17 bits per heavy atom. The Morgan fingerprint density at radius 2 is 1.83 bits per heavy atom. The maximum atomic E-state index is 13.3. The first-order chi connectivity index (χ1) is 11.6. The summed E-state index contributed by atoms with van der Waals surface area (Å²) >= 11 is 1.20. The second kappa shape index (κ2) is 6.79. The van der Waals surface area contributed by atoms with Crippen molar-refractivity contribution >= 4 is 17.7 Å². The smallest absolute Gasteiger partial charge is 0.230 e. The van der Waals surface area contributed by atoms with E-state index < -0.39 is 11.2 Å². The molecule has 0 bridgehead atoms. The minimum Gasteiger partial charge on any atom is -0.369 e. The Labute approximate surface area is 141 Å². The zero-order valence-corrected chi connectivity index (χ0v) is 13.6. The van der Waals surface area contributed by atoms with Gasteiger partial charge >= 0.3 is 0 Å². The number of nitrogens with zero attached hydrogens (tertiary/aromatic N) is 4. The molecule has 0 fully saturated rings. The molecule has 0 aliphatic carbocycles. The lowest BCUT2D eigenvalue weighted by Gasteiger charge is -2.12. The molecule has 0 saturated carbocycles. The van der Waals surface area contributed by atoms with Crippen LogP contribution in [0.4, 0.5) is 4.39 Å². The van der Waals surface area contributed by atoms with Crippen LogP contribution in [0.15, 0.2) is 53.9 Å². The standard InChI is InChI=1S/C16H14FN5OS/c1-10(14(18)23)24-16-21-20-15(11-6-8-19-9-7-11)22(16)13-4-2-12(17)3-5-13/h2-10H,1H3,(H2,18,23)/t10-/m1/s1. The van der Waals surface area contributed by atoms with Gasteiger partial charge in [-0.15, -0.1) is 10.2 Å². The summed E-state index contributed by atoms with van der Waals surface area (Å²) in [7, 11) is 0. The lowest BCUT2D eigenvalue weighted by atomic mass is 10.2. The first kappa shape index (κ1) is 16.1. The average molecular weight is 343 g/mol. The van der Waals surface area contributed by atoms with Gasteiger partial charge in [0.25, 0.3) is 0 Å². The number of primary amides is 1. The van der Waals surface area contributed by atoms with Crippen LogP contribution in [0.2, 0.25) is 0 Å². The topological polar surface area (TPSA) is 86.7 Å². The van der Waals surface area contributed by atoms with Gasteiger partial charge in [0.2, 0.25) is 5.91 Å². The molecule has 3 rings (SSSR count). The molecule has 1 atom stereocenters. The normalized spacial score (nSPS) is 12.1. The van der Waals surface area contributed by atoms with E-state index in [2.05, 4.69) is 15.2 Å². The van der Waals surface area contributed by atoms with Crippen molar-refractivity contribution < 1.29 is 9.18 Å². The highest BCUT2D eigenvalue weighted by Gasteiger charge is 2.20. The number of aromatic nitrogens is 4. The van der Waals surface area contributed by atoms with E-state index in [0.29, 0.717) is 16.7 Å². The van der Waals surface area contributed by atoms with Gasteiger partial charge in [-0.25, -0.2) is 4.39 Å². The molecule has 1 aromatic carbocycles. The van der Waals surface area contributed by atoms with E-state index in [0.717, 1.165) is 5.56 Å². The number of hydrogen-bond acceptors (Lipinski definition) is 5. The van der Waals surface area contributed by atoms with Crippen LogP contribution in [0.1, 0.15) is 6.92 Å². The number of hydrogen-bond donors (Lipinski definition) is 1. The van der Waals surface area contributed by atoms with Crippen LogP contribution in [0.5, 0.6) is 0 Å². The lowest BCUT2D eigenvalue weighted by molar-refractivity contribution is -0.117. The van der Waals surface area contributed by atoms with Crippen molar-refractivity contribution in [3.8, 4) is 17.1 Å². The molecule has 2 heterocycles. The lowest BCUT2D eigenvalue weighted by Crippen LogP contribution is -2.23. The third-order valence-corrected chi connectivity index (χ3v) is 4.40. The molecule has 3 aromatic rings. The molecule has 122 valence electrons. The van der Waals surface area contributed by atoms with E-state index in [1.165, 1.54) is 23.9 Å². The Kier molecular flexibility index (Phi) is 4.57. The summed E-state index contributed by atoms with van der Waals surface area (Å²) < 4.78 is 15.0. The van der Waals surface area contributed by atoms with Crippen LogP contribution in [0, 0.1) is 5.82 Å². The molecule has 2 N–H and O–H groups in total. The fourth-order valence-corrected chi connectivity index (χ4v) is 2.89. The van der Waals surface area contributed by atoms with E-state index in [-0.39, 0.29) is 5.82 Å². The summed E-state index contributed by atoms with van der Waals surface area (Å²) in [5.74, 6) is -0.209. The molecule has 8 heteroatoms. The molecular formula is C16H14FN5OS. The summed E-state index contributed by atoms with van der Waals surface area (Å²) in [6, 6.07) is 9.58. The van der Waals surface area contributed by atoms with Crippen molar-refractivity contribution in [2.75, 3.05) is 0 Å². The number of halogens is 1. The van der Waals surface area contributed by atoms with Crippen LogP contribution in [0.25, 0.3) is 17.1 Å². The number of carbonyl (C=O) groups is 1. The van der Waals surface area contributed by atoms with Crippen LogP contribution < -0.4 is 5.73 Å². The number of pyridine rings is 1. The van der Waals surface area contributed by atoms with Crippen LogP contribution in [-0.4, -0.2) is 30.9 Å². The SMILES string of the molecule is C[C@@H](Sc1nnc(-c2ccncc2)n1-c1ccc(F)cc1)C(N)=O. The molecule has 0 spiro atoms. The van der Waals surface area contributed by atoms with Gasteiger partial charge in [0.1, 0.15) is 5.82 Å². The molecule has 0 saturated heterocycles. The summed E-state index contributed by atoms with van der Waals surface area (Å²) in [5, 5.41) is 8.41. The first-order valence-electron chi connectivity index (χ1n) is 7.14. The predicted octanol–water partition coefficient (Wildman–Crippen LogP) is 2.43. The number of carbonyl (C=O) groups excluding carboxylic acids is 1. The highest BCUT2D eigenvalue weighted by atomic mass is 32.2. The minimum absolute atomic E-state index is 0.336. The highest BCUT2D eigenvalue weighted by Crippen LogP contribution is 2.29. The van der Waals surface area contributed by atoms with Crippen LogP contribution in [0.3, 0.4) is 0 Å². The quantitative estimate of drug-likeness (QED) is 0.719. The van der Waals surface area contributed by atoms with Gasteiger partial charge in [0.15, 0.2) is 11.0 Å². The predicted molar refractivity (Wildman–Crippen MR) is 89.1 cm³/mol. The second-order valence-electron chi connectivity index (χ2n) is 5.02. The van der Waals surface area contributed by atoms with Gasteiger partial charge in [-0.3, -0.25) is 14.3 Å². The monoisotopic (exact) mass is 343 g/mol. The van der Waals surface area contributed by atoms with Crippen molar-refractivity contribution in [2.45, 2.75) is 17.3 Å². The van der Waals surface area contributed by atoms with Gasteiger partial charge in [0.05, 0.1) is 5.25 Å². The first-order valence-corrected chi connectivity index (χ1v) is 8.02. The summed E-state index contributed by atoms with van der Waals surface area (Å²) in [4.78, 5) is 15.3. The van der Waals surface area contributed by atoms with Crippen LogP contribution >= 0.6 is 11.8 Å². The second-order valence-corrected chi connectivity index (χ2v) is 6.32. The molecule has 0 aliphatic rings. The van der Waals surface area contributed by atoms with Gasteiger partial charge in [-0.05, 0) is 43.3 Å². The minimum atomic E-state index is -0.473. The Morgan fingerprint density at radius 3 is 2.46 bits per heavy atom. The largest absolute Gasteiger partial charge is 0.369 e. The van der Waals surface area contributed by atoms with Gasteiger partial charge < -0.3 is 5.73 Å². The molecule has 6 nitrogen and oxygen atoms in total. The number of thioether (sulfide) groups is 1. The van der Waals surface area contributed by atoms with E-state index in [1.807, 2.05) is 0 Å². The van der Waals surface area contributed by atoms with Crippen molar-refractivity contribution in [1.82, 2.24) is 19.7 Å². The number of amides is 1. The molecule has 2 aromatic heterocycles. The number of rotatable bonds is 5. The zero-order valence-electron chi connectivity index (χ0n) is 12.8. The number of benzene rings is 1. The fraction of sp³-hybridized carbons (Fsp3) is 0.125. The molecule has 0 unspecified atom stereocenters. The van der Waals surface area contributed by atoms with E-state index in [4.69, 9.17) is 5.73 Å². The molecule has 24 heavy (non-hydrogen) atoms. The molecule has 0 radical (unpaired) electrons. The fourth-order valence-electron chi connectivity index (χ4n) is 2.07. The van der Waals surface area contributed by atoms with Gasteiger partial charge in [-0.1, -0.05) is 11.8 Å². The van der Waals surface area contributed by atoms with E-state index in [9.17, 15) is 9.18 Å². The maximum absolute atomic E-state index is 13.3. The van der Waals surface area contributed by atoms with Crippen LogP contribution in [-0.2, 0) is 4.79 Å². The third-order valence-electron chi connectivity index (χ3n) is 3.34. The number of nitrogens with two attached hydrogens (primary N) is 1. The zero-order chi connectivity index (χ0) is 17.1. The van der Waals surface area contributed by atoms with Crippen molar-refractivity contribution in [3.63, 3.8) is 0 Å². The summed E-state index contributed by atoms with van der Waals surface area (Å²) in [6.07, 6.45) is 3.30. The maximum Gasteiger partial charge on any atom is 0.230 e. The third kappa shape index (κ3) is 3.28. The highest BCUT2D eigenvalue weighted by molar-refractivity contribution is 8.00. The van der Waals surface area contributed by atoms with E-state index >= 15 is 0 Å². The summed E-state index contributed by atoms with van der Waals surface area (Å²) in [6.45, 7) is 1.70. The Hall–Kier alpha value is -2.74. The molecule has 1 amide bonds. The Bertz CT molecular complexity index is 851. The van der Waals surface area contributed by atoms with Gasteiger partial charge in [-0.2, -0.15) is 0 Å². The molecule has 0 aliphatic heterocycles. The van der Waals surface area contributed by atoms with Crippen molar-refractivity contribution in [2.24, 2.45) is 5.73 Å². The van der Waals surface area contributed by atoms with E-state index in [1.54, 1.807) is 48.1 Å². The molecular weight excluding hydrogens is 329 g/mol. The van der Waals surface area contributed by atoms with Gasteiger partial charge in [0, 0.05) is 23.6 Å². The van der Waals surface area contributed by atoms with Crippen molar-refractivity contribution in [3.05, 3.63) is 54.6 Å². The average Bonchev–Trinajstić information content (AvgIpc) is 3.00. The summed E-state index contributed by atoms with van der Waals surface area (Å²) in [5.41, 5.74) is 6.83.